The van der Waals surface area contributed by atoms with Gasteiger partial charge in [0.25, 0.3) is 0 Å². The first-order valence-corrected chi connectivity index (χ1v) is 6.99. The number of nitrogens with zero attached hydrogens (tertiary/aromatic N) is 4. The van der Waals surface area contributed by atoms with Gasteiger partial charge in [-0.3, -0.25) is 4.98 Å². The molecule has 20 heavy (non-hydrogen) atoms. The van der Waals surface area contributed by atoms with Gasteiger partial charge < -0.3 is 9.84 Å². The molecule has 1 aliphatic heterocycles. The van der Waals surface area contributed by atoms with E-state index in [-0.39, 0.29) is 5.41 Å². The van der Waals surface area contributed by atoms with Gasteiger partial charge in [-0.05, 0) is 31.8 Å². The molecule has 0 aliphatic carbocycles. The number of rotatable bonds is 3. The second-order valence-corrected chi connectivity index (χ2v) is 5.78. The summed E-state index contributed by atoms with van der Waals surface area (Å²) in [7, 11) is 0. The van der Waals surface area contributed by atoms with E-state index in [1.54, 1.807) is 18.6 Å². The van der Waals surface area contributed by atoms with Crippen LogP contribution in [0, 0.1) is 5.92 Å². The predicted octanol–water partition coefficient (Wildman–Crippen LogP) is 1.80. The zero-order valence-electron chi connectivity index (χ0n) is 11.8. The van der Waals surface area contributed by atoms with Crippen LogP contribution >= 0.6 is 0 Å². The van der Waals surface area contributed by atoms with Crippen LogP contribution in [0.25, 0.3) is 11.5 Å². The van der Waals surface area contributed by atoms with Crippen molar-refractivity contribution in [3.8, 4) is 11.5 Å². The Bertz CT molecular complexity index is 560. The van der Waals surface area contributed by atoms with E-state index in [4.69, 9.17) is 4.52 Å². The second-order valence-electron chi connectivity index (χ2n) is 5.78. The molecule has 0 spiro atoms. The molecule has 1 aliphatic rings. The van der Waals surface area contributed by atoms with Gasteiger partial charge in [-0.1, -0.05) is 19.0 Å². The van der Waals surface area contributed by atoms with Crippen molar-refractivity contribution in [2.45, 2.75) is 32.1 Å². The summed E-state index contributed by atoms with van der Waals surface area (Å²) in [6.45, 7) is 6.42. The summed E-state index contributed by atoms with van der Waals surface area (Å²) in [5.74, 6) is 1.68. The first kappa shape index (κ1) is 13.2. The molecule has 0 radical (unpaired) electrons. The van der Waals surface area contributed by atoms with Crippen LogP contribution in [0.5, 0.6) is 0 Å². The van der Waals surface area contributed by atoms with Crippen molar-refractivity contribution in [3.63, 3.8) is 0 Å². The van der Waals surface area contributed by atoms with Crippen molar-refractivity contribution in [2.75, 3.05) is 13.1 Å². The van der Waals surface area contributed by atoms with E-state index in [2.05, 4.69) is 39.3 Å². The molecule has 1 atom stereocenters. The minimum Gasteiger partial charge on any atom is -0.338 e. The molecular weight excluding hydrogens is 254 g/mol. The van der Waals surface area contributed by atoms with Gasteiger partial charge in [0.15, 0.2) is 0 Å². The third-order valence-corrected chi connectivity index (χ3v) is 4.09. The Balaban J connectivity index is 1.85. The molecule has 1 N–H and O–H groups in total. The molecule has 106 valence electrons. The highest BCUT2D eigenvalue weighted by molar-refractivity contribution is 5.45. The SMILES string of the molecule is CC(C)(c1nc(-c2cnccn2)no1)C1CCCNC1. The summed E-state index contributed by atoms with van der Waals surface area (Å²) < 4.78 is 5.48. The summed E-state index contributed by atoms with van der Waals surface area (Å²) in [4.78, 5) is 12.7. The first-order chi connectivity index (χ1) is 9.68. The highest BCUT2D eigenvalue weighted by Gasteiger charge is 2.37. The van der Waals surface area contributed by atoms with Crippen LogP contribution in [0.4, 0.5) is 0 Å². The smallest absolute Gasteiger partial charge is 0.232 e. The zero-order chi connectivity index (χ0) is 14.0. The van der Waals surface area contributed by atoms with E-state index in [1.807, 2.05) is 0 Å². The maximum Gasteiger partial charge on any atom is 0.232 e. The molecule has 0 aromatic carbocycles. The van der Waals surface area contributed by atoms with Crippen LogP contribution < -0.4 is 5.32 Å². The van der Waals surface area contributed by atoms with Gasteiger partial charge in [0.2, 0.25) is 11.7 Å². The topological polar surface area (TPSA) is 76.7 Å². The number of hydrogen-bond acceptors (Lipinski definition) is 6. The summed E-state index contributed by atoms with van der Waals surface area (Å²) in [6, 6.07) is 0. The summed E-state index contributed by atoms with van der Waals surface area (Å²) in [5.41, 5.74) is 0.501. The lowest BCUT2D eigenvalue weighted by molar-refractivity contribution is 0.196. The van der Waals surface area contributed by atoms with E-state index in [0.717, 1.165) is 13.1 Å². The van der Waals surface area contributed by atoms with Crippen LogP contribution in [-0.4, -0.2) is 33.2 Å². The molecular formula is C14H19N5O. The molecule has 1 saturated heterocycles. The van der Waals surface area contributed by atoms with Crippen LogP contribution in [-0.2, 0) is 5.41 Å². The van der Waals surface area contributed by atoms with Gasteiger partial charge >= 0.3 is 0 Å². The van der Waals surface area contributed by atoms with Crippen molar-refractivity contribution >= 4 is 0 Å². The molecule has 6 heteroatoms. The molecule has 0 bridgehead atoms. The largest absolute Gasteiger partial charge is 0.338 e. The number of aromatic nitrogens is 4. The van der Waals surface area contributed by atoms with E-state index in [9.17, 15) is 0 Å². The molecule has 1 fully saturated rings. The fourth-order valence-corrected chi connectivity index (χ4v) is 2.65. The molecule has 6 nitrogen and oxygen atoms in total. The lowest BCUT2D eigenvalue weighted by atomic mass is 9.75. The van der Waals surface area contributed by atoms with Gasteiger partial charge in [0, 0.05) is 17.8 Å². The van der Waals surface area contributed by atoms with Gasteiger partial charge in [0.1, 0.15) is 5.69 Å². The monoisotopic (exact) mass is 273 g/mol. The Morgan fingerprint density at radius 3 is 2.95 bits per heavy atom. The van der Waals surface area contributed by atoms with E-state index in [0.29, 0.717) is 23.3 Å². The van der Waals surface area contributed by atoms with Crippen LogP contribution in [0.3, 0.4) is 0 Å². The minimum atomic E-state index is -0.138. The van der Waals surface area contributed by atoms with Gasteiger partial charge in [0.05, 0.1) is 6.20 Å². The minimum absolute atomic E-state index is 0.138. The third-order valence-electron chi connectivity index (χ3n) is 4.09. The Kier molecular flexibility index (Phi) is 3.48. The molecule has 1 unspecified atom stereocenters. The predicted molar refractivity (Wildman–Crippen MR) is 73.9 cm³/mol. The normalized spacial score (nSPS) is 20.0. The molecule has 3 heterocycles. The first-order valence-electron chi connectivity index (χ1n) is 6.99. The van der Waals surface area contributed by atoms with Crippen molar-refractivity contribution in [1.82, 2.24) is 25.4 Å². The van der Waals surface area contributed by atoms with E-state index < -0.39 is 0 Å². The highest BCUT2D eigenvalue weighted by atomic mass is 16.5. The summed E-state index contributed by atoms with van der Waals surface area (Å²) in [5, 5.41) is 7.48. The zero-order valence-corrected chi connectivity index (χ0v) is 11.8. The number of hydrogen-bond donors (Lipinski definition) is 1. The van der Waals surface area contributed by atoms with Gasteiger partial charge in [-0.2, -0.15) is 4.98 Å². The van der Waals surface area contributed by atoms with Crippen molar-refractivity contribution in [2.24, 2.45) is 5.92 Å². The fraction of sp³-hybridized carbons (Fsp3) is 0.571. The lowest BCUT2D eigenvalue weighted by Crippen LogP contribution is -2.40. The number of nitrogens with one attached hydrogen (secondary N) is 1. The van der Waals surface area contributed by atoms with Crippen LogP contribution in [0.2, 0.25) is 0 Å². The van der Waals surface area contributed by atoms with Crippen molar-refractivity contribution < 1.29 is 4.52 Å². The lowest BCUT2D eigenvalue weighted by Gasteiger charge is -2.34. The second kappa shape index (κ2) is 5.28. The third kappa shape index (κ3) is 2.43. The Labute approximate surface area is 118 Å². The quantitative estimate of drug-likeness (QED) is 0.919. The molecule has 2 aromatic rings. The standard InChI is InChI=1S/C14H19N5O/c1-14(2,10-4-3-5-15-8-10)13-18-12(19-20-13)11-9-16-6-7-17-11/h6-7,9-10,15H,3-5,8H2,1-2H3. The molecule has 3 rings (SSSR count). The molecule has 2 aromatic heterocycles. The Morgan fingerprint density at radius 1 is 1.35 bits per heavy atom. The fourth-order valence-electron chi connectivity index (χ4n) is 2.65. The van der Waals surface area contributed by atoms with Gasteiger partial charge in [-0.15, -0.1) is 0 Å². The van der Waals surface area contributed by atoms with Crippen LogP contribution in [0.1, 0.15) is 32.6 Å². The Hall–Kier alpha value is -1.82. The van der Waals surface area contributed by atoms with Crippen molar-refractivity contribution in [1.29, 1.82) is 0 Å². The summed E-state index contributed by atoms with van der Waals surface area (Å²) >= 11 is 0. The average Bonchev–Trinajstić information content (AvgIpc) is 3.00. The average molecular weight is 273 g/mol. The summed E-state index contributed by atoms with van der Waals surface area (Å²) in [6.07, 6.45) is 7.27. The molecule has 0 saturated carbocycles. The molecule has 0 amide bonds. The number of piperidine rings is 1. The van der Waals surface area contributed by atoms with E-state index >= 15 is 0 Å². The van der Waals surface area contributed by atoms with Crippen molar-refractivity contribution in [3.05, 3.63) is 24.5 Å². The van der Waals surface area contributed by atoms with E-state index in [1.165, 1.54) is 12.8 Å². The Morgan fingerprint density at radius 2 is 2.25 bits per heavy atom. The maximum atomic E-state index is 5.48. The van der Waals surface area contributed by atoms with Crippen LogP contribution in [0.15, 0.2) is 23.1 Å². The maximum absolute atomic E-state index is 5.48. The highest BCUT2D eigenvalue weighted by Crippen LogP contribution is 2.35. The van der Waals surface area contributed by atoms with Gasteiger partial charge in [-0.25, -0.2) is 4.98 Å².